The topological polar surface area (TPSA) is 84.3 Å². The summed E-state index contributed by atoms with van der Waals surface area (Å²) in [6.07, 6.45) is 1.04. The molecule has 1 rings (SSSR count). The Morgan fingerprint density at radius 3 is 2.78 bits per heavy atom. The van der Waals surface area contributed by atoms with Gasteiger partial charge in [-0.05, 0) is 19.0 Å². The molecule has 1 amide bonds. The van der Waals surface area contributed by atoms with Gasteiger partial charge in [0.1, 0.15) is 0 Å². The van der Waals surface area contributed by atoms with Gasteiger partial charge in [0, 0.05) is 30.8 Å². The van der Waals surface area contributed by atoms with Crippen LogP contribution < -0.4 is 10.6 Å². The molecule has 0 aliphatic heterocycles. The third kappa shape index (κ3) is 4.50. The fourth-order valence-corrected chi connectivity index (χ4v) is 1.43. The summed E-state index contributed by atoms with van der Waals surface area (Å²) < 4.78 is 0. The highest BCUT2D eigenvalue weighted by atomic mass is 16.6. The number of nitro benzene ring substituents is 1. The normalized spacial score (nSPS) is 10.1. The SMILES string of the molecule is CCCNCCNC(=O)c1cccc([N+](=O)[O-])c1. The number of hydrogen-bond donors (Lipinski definition) is 2. The largest absolute Gasteiger partial charge is 0.351 e. The van der Waals surface area contributed by atoms with E-state index in [0.29, 0.717) is 18.7 Å². The van der Waals surface area contributed by atoms with Crippen LogP contribution in [-0.4, -0.2) is 30.5 Å². The van der Waals surface area contributed by atoms with Crippen LogP contribution in [0.15, 0.2) is 24.3 Å². The lowest BCUT2D eigenvalue weighted by atomic mass is 10.2. The maximum atomic E-state index is 11.7. The smallest absolute Gasteiger partial charge is 0.270 e. The summed E-state index contributed by atoms with van der Waals surface area (Å²) in [4.78, 5) is 21.7. The maximum absolute atomic E-state index is 11.7. The minimum Gasteiger partial charge on any atom is -0.351 e. The minimum atomic E-state index is -0.514. The summed E-state index contributed by atoms with van der Waals surface area (Å²) in [7, 11) is 0. The van der Waals surface area contributed by atoms with Crippen LogP contribution in [0.25, 0.3) is 0 Å². The Bertz CT molecular complexity index is 421. The molecule has 0 spiro atoms. The van der Waals surface area contributed by atoms with E-state index in [1.54, 1.807) is 6.07 Å². The molecule has 0 saturated carbocycles. The van der Waals surface area contributed by atoms with Crippen molar-refractivity contribution in [2.45, 2.75) is 13.3 Å². The van der Waals surface area contributed by atoms with Crippen LogP contribution in [0.3, 0.4) is 0 Å². The van der Waals surface area contributed by atoms with E-state index in [9.17, 15) is 14.9 Å². The first kappa shape index (κ1) is 14.1. The van der Waals surface area contributed by atoms with Gasteiger partial charge in [0.15, 0.2) is 0 Å². The van der Waals surface area contributed by atoms with Crippen LogP contribution in [0.1, 0.15) is 23.7 Å². The molecule has 0 radical (unpaired) electrons. The summed E-state index contributed by atoms with van der Waals surface area (Å²) in [5.41, 5.74) is 0.228. The molecule has 6 nitrogen and oxygen atoms in total. The number of hydrogen-bond acceptors (Lipinski definition) is 4. The highest BCUT2D eigenvalue weighted by Crippen LogP contribution is 2.12. The Kier molecular flexibility index (Phi) is 5.79. The average molecular weight is 251 g/mol. The van der Waals surface area contributed by atoms with Gasteiger partial charge in [-0.1, -0.05) is 13.0 Å². The van der Waals surface area contributed by atoms with Crippen molar-refractivity contribution >= 4 is 11.6 Å². The van der Waals surface area contributed by atoms with E-state index in [0.717, 1.165) is 13.0 Å². The van der Waals surface area contributed by atoms with E-state index in [1.807, 2.05) is 0 Å². The molecule has 0 heterocycles. The van der Waals surface area contributed by atoms with E-state index in [4.69, 9.17) is 0 Å². The van der Waals surface area contributed by atoms with E-state index < -0.39 is 4.92 Å². The Morgan fingerprint density at radius 1 is 1.33 bits per heavy atom. The van der Waals surface area contributed by atoms with Crippen molar-refractivity contribution in [1.29, 1.82) is 0 Å². The predicted molar refractivity (Wildman–Crippen MR) is 68.6 cm³/mol. The first-order chi connectivity index (χ1) is 8.65. The van der Waals surface area contributed by atoms with Crippen molar-refractivity contribution in [3.63, 3.8) is 0 Å². The summed E-state index contributed by atoms with van der Waals surface area (Å²) in [5, 5.41) is 16.4. The fraction of sp³-hybridized carbons (Fsp3) is 0.417. The van der Waals surface area contributed by atoms with Crippen molar-refractivity contribution in [3.8, 4) is 0 Å². The number of non-ortho nitro benzene ring substituents is 1. The van der Waals surface area contributed by atoms with Crippen LogP contribution in [-0.2, 0) is 0 Å². The van der Waals surface area contributed by atoms with Crippen LogP contribution in [0.5, 0.6) is 0 Å². The number of nitrogens with one attached hydrogen (secondary N) is 2. The number of nitrogens with zero attached hydrogens (tertiary/aromatic N) is 1. The molecule has 0 aliphatic rings. The van der Waals surface area contributed by atoms with Crippen molar-refractivity contribution < 1.29 is 9.72 Å². The molecule has 0 atom stereocenters. The van der Waals surface area contributed by atoms with Crippen molar-refractivity contribution in [1.82, 2.24) is 10.6 Å². The third-order valence-corrected chi connectivity index (χ3v) is 2.33. The Hall–Kier alpha value is -1.95. The molecule has 0 bridgehead atoms. The second-order valence-electron chi connectivity index (χ2n) is 3.81. The van der Waals surface area contributed by atoms with Gasteiger partial charge in [-0.15, -0.1) is 0 Å². The number of nitro groups is 1. The first-order valence-corrected chi connectivity index (χ1v) is 5.88. The highest BCUT2D eigenvalue weighted by Gasteiger charge is 2.10. The monoisotopic (exact) mass is 251 g/mol. The zero-order valence-electron chi connectivity index (χ0n) is 10.3. The minimum absolute atomic E-state index is 0.0771. The number of benzene rings is 1. The molecule has 98 valence electrons. The zero-order valence-corrected chi connectivity index (χ0v) is 10.3. The maximum Gasteiger partial charge on any atom is 0.270 e. The quantitative estimate of drug-likeness (QED) is 0.435. The van der Waals surface area contributed by atoms with Gasteiger partial charge in [0.2, 0.25) is 0 Å². The molecule has 0 aliphatic carbocycles. The molecule has 0 aromatic heterocycles. The van der Waals surface area contributed by atoms with Crippen molar-refractivity contribution in [2.75, 3.05) is 19.6 Å². The fourth-order valence-electron chi connectivity index (χ4n) is 1.43. The summed E-state index contributed by atoms with van der Waals surface area (Å²) in [6.45, 7) is 4.16. The predicted octanol–water partition coefficient (Wildman–Crippen LogP) is 1.32. The zero-order chi connectivity index (χ0) is 13.4. The molecular weight excluding hydrogens is 234 g/mol. The van der Waals surface area contributed by atoms with Crippen molar-refractivity contribution in [2.24, 2.45) is 0 Å². The summed E-state index contributed by atoms with van der Waals surface area (Å²) in [5.74, 6) is -0.294. The molecule has 0 unspecified atom stereocenters. The molecule has 2 N–H and O–H groups in total. The van der Waals surface area contributed by atoms with Gasteiger partial charge in [-0.25, -0.2) is 0 Å². The van der Waals surface area contributed by atoms with Gasteiger partial charge in [0.25, 0.3) is 11.6 Å². The standard InChI is InChI=1S/C12H17N3O3/c1-2-6-13-7-8-14-12(16)10-4-3-5-11(9-10)15(17)18/h3-5,9,13H,2,6-8H2,1H3,(H,14,16). The molecule has 18 heavy (non-hydrogen) atoms. The van der Waals surface area contributed by atoms with E-state index in [2.05, 4.69) is 17.6 Å². The molecular formula is C12H17N3O3. The lowest BCUT2D eigenvalue weighted by Gasteiger charge is -2.05. The van der Waals surface area contributed by atoms with Crippen LogP contribution in [0, 0.1) is 10.1 Å². The number of carbonyl (C=O) groups is 1. The lowest BCUT2D eigenvalue weighted by molar-refractivity contribution is -0.384. The third-order valence-electron chi connectivity index (χ3n) is 2.33. The van der Waals surface area contributed by atoms with Crippen LogP contribution in [0.2, 0.25) is 0 Å². The molecule has 0 fully saturated rings. The van der Waals surface area contributed by atoms with E-state index >= 15 is 0 Å². The number of rotatable bonds is 7. The highest BCUT2D eigenvalue weighted by molar-refractivity contribution is 5.94. The van der Waals surface area contributed by atoms with Gasteiger partial charge < -0.3 is 10.6 Å². The Morgan fingerprint density at radius 2 is 2.11 bits per heavy atom. The summed E-state index contributed by atoms with van der Waals surface area (Å²) in [6, 6.07) is 5.69. The Balaban J connectivity index is 2.46. The second kappa shape index (κ2) is 7.39. The molecule has 1 aromatic carbocycles. The Labute approximate surface area is 106 Å². The number of carbonyl (C=O) groups excluding carboxylic acids is 1. The van der Waals surface area contributed by atoms with Crippen LogP contribution >= 0.6 is 0 Å². The first-order valence-electron chi connectivity index (χ1n) is 5.88. The van der Waals surface area contributed by atoms with Gasteiger partial charge in [-0.2, -0.15) is 0 Å². The molecule has 6 heteroatoms. The number of amides is 1. The summed E-state index contributed by atoms with van der Waals surface area (Å²) >= 11 is 0. The van der Waals surface area contributed by atoms with Crippen LogP contribution in [0.4, 0.5) is 5.69 Å². The van der Waals surface area contributed by atoms with Gasteiger partial charge in [0.05, 0.1) is 4.92 Å². The second-order valence-corrected chi connectivity index (χ2v) is 3.81. The molecule has 1 aromatic rings. The average Bonchev–Trinajstić information content (AvgIpc) is 2.38. The van der Waals surface area contributed by atoms with E-state index in [1.165, 1.54) is 18.2 Å². The van der Waals surface area contributed by atoms with E-state index in [-0.39, 0.29) is 11.6 Å². The van der Waals surface area contributed by atoms with Crippen molar-refractivity contribution in [3.05, 3.63) is 39.9 Å². The van der Waals surface area contributed by atoms with Gasteiger partial charge in [-0.3, -0.25) is 14.9 Å². The molecule has 0 saturated heterocycles. The van der Waals surface area contributed by atoms with Gasteiger partial charge >= 0.3 is 0 Å². The lowest BCUT2D eigenvalue weighted by Crippen LogP contribution is -2.32.